The van der Waals surface area contributed by atoms with Crippen LogP contribution in [0.5, 0.6) is 0 Å². The first kappa shape index (κ1) is 12.4. The zero-order valence-corrected chi connectivity index (χ0v) is 10.8. The summed E-state index contributed by atoms with van der Waals surface area (Å²) >= 11 is 0. The number of aryl methyl sites for hydroxylation is 1. The van der Waals surface area contributed by atoms with Crippen LogP contribution in [-0.4, -0.2) is 19.1 Å². The fourth-order valence-corrected chi connectivity index (χ4v) is 2.51. The minimum atomic E-state index is 0.651. The number of piperidine rings is 1. The second-order valence-electron chi connectivity index (χ2n) is 4.93. The summed E-state index contributed by atoms with van der Waals surface area (Å²) in [4.78, 5) is 0. The molecular weight excluding hydrogens is 208 g/mol. The van der Waals surface area contributed by atoms with E-state index in [0.717, 1.165) is 6.54 Å². The summed E-state index contributed by atoms with van der Waals surface area (Å²) in [6, 6.07) is 9.34. The number of hydrogen-bond donors (Lipinski definition) is 2. The molecule has 1 aliphatic rings. The Morgan fingerprint density at radius 3 is 2.94 bits per heavy atom. The van der Waals surface area contributed by atoms with E-state index in [4.69, 9.17) is 0 Å². The molecule has 1 aliphatic heterocycles. The second-order valence-corrected chi connectivity index (χ2v) is 4.93. The molecule has 0 amide bonds. The van der Waals surface area contributed by atoms with Gasteiger partial charge in [-0.25, -0.2) is 0 Å². The Labute approximate surface area is 105 Å². The predicted octanol–water partition coefficient (Wildman–Crippen LogP) is 3.19. The van der Waals surface area contributed by atoms with Crippen molar-refractivity contribution in [1.82, 2.24) is 5.32 Å². The second kappa shape index (κ2) is 6.65. The Kier molecular flexibility index (Phi) is 4.87. The highest BCUT2D eigenvalue weighted by molar-refractivity contribution is 5.51. The van der Waals surface area contributed by atoms with Gasteiger partial charge >= 0.3 is 0 Å². The van der Waals surface area contributed by atoms with E-state index in [0.29, 0.717) is 6.04 Å². The molecular formula is C15H24N2. The summed E-state index contributed by atoms with van der Waals surface area (Å²) in [6.45, 7) is 4.48. The molecule has 0 aromatic heterocycles. The van der Waals surface area contributed by atoms with Crippen molar-refractivity contribution < 1.29 is 0 Å². The molecule has 2 heteroatoms. The molecule has 1 saturated heterocycles. The van der Waals surface area contributed by atoms with Crippen LogP contribution in [0.3, 0.4) is 0 Å². The molecule has 0 radical (unpaired) electrons. The monoisotopic (exact) mass is 232 g/mol. The Morgan fingerprint density at radius 1 is 1.29 bits per heavy atom. The van der Waals surface area contributed by atoms with Crippen LogP contribution in [0.25, 0.3) is 0 Å². The highest BCUT2D eigenvalue weighted by Crippen LogP contribution is 2.17. The van der Waals surface area contributed by atoms with E-state index in [2.05, 4.69) is 41.8 Å². The third-order valence-electron chi connectivity index (χ3n) is 3.49. The molecule has 94 valence electrons. The topological polar surface area (TPSA) is 24.1 Å². The normalized spacial score (nSPS) is 20.2. The van der Waals surface area contributed by atoms with E-state index < -0.39 is 0 Å². The van der Waals surface area contributed by atoms with Crippen LogP contribution in [0.1, 0.15) is 38.2 Å². The van der Waals surface area contributed by atoms with Crippen LogP contribution < -0.4 is 10.6 Å². The smallest absolute Gasteiger partial charge is 0.0373 e. The average molecular weight is 232 g/mol. The maximum absolute atomic E-state index is 3.61. The third kappa shape index (κ3) is 3.74. The summed E-state index contributed by atoms with van der Waals surface area (Å²) < 4.78 is 0. The van der Waals surface area contributed by atoms with Crippen LogP contribution in [0, 0.1) is 0 Å². The average Bonchev–Trinajstić information content (AvgIpc) is 2.39. The quantitative estimate of drug-likeness (QED) is 0.814. The van der Waals surface area contributed by atoms with E-state index >= 15 is 0 Å². The zero-order chi connectivity index (χ0) is 11.9. The van der Waals surface area contributed by atoms with Crippen molar-refractivity contribution in [3.05, 3.63) is 29.8 Å². The Balaban J connectivity index is 1.88. The van der Waals surface area contributed by atoms with Crippen molar-refractivity contribution in [1.29, 1.82) is 0 Å². The lowest BCUT2D eigenvalue weighted by atomic mass is 10.0. The zero-order valence-electron chi connectivity index (χ0n) is 10.8. The number of hydrogen-bond acceptors (Lipinski definition) is 2. The summed E-state index contributed by atoms with van der Waals surface area (Å²) in [7, 11) is 0. The minimum Gasteiger partial charge on any atom is -0.383 e. The highest BCUT2D eigenvalue weighted by atomic mass is 15.0. The van der Waals surface area contributed by atoms with Gasteiger partial charge in [0.1, 0.15) is 0 Å². The molecule has 17 heavy (non-hydrogen) atoms. The Morgan fingerprint density at radius 2 is 2.18 bits per heavy atom. The van der Waals surface area contributed by atoms with Crippen molar-refractivity contribution in [2.24, 2.45) is 0 Å². The van der Waals surface area contributed by atoms with Crippen molar-refractivity contribution in [3.63, 3.8) is 0 Å². The van der Waals surface area contributed by atoms with Gasteiger partial charge in [-0.1, -0.05) is 38.0 Å². The van der Waals surface area contributed by atoms with Crippen LogP contribution >= 0.6 is 0 Å². The van der Waals surface area contributed by atoms with Crippen molar-refractivity contribution in [2.75, 3.05) is 18.4 Å². The van der Waals surface area contributed by atoms with Gasteiger partial charge in [0.05, 0.1) is 0 Å². The lowest BCUT2D eigenvalue weighted by molar-refractivity contribution is 0.414. The van der Waals surface area contributed by atoms with Gasteiger partial charge in [-0.2, -0.15) is 0 Å². The minimum absolute atomic E-state index is 0.651. The Hall–Kier alpha value is -1.02. The van der Waals surface area contributed by atoms with Gasteiger partial charge in [-0.3, -0.25) is 0 Å². The van der Waals surface area contributed by atoms with Crippen molar-refractivity contribution in [2.45, 2.75) is 45.1 Å². The number of para-hydroxylation sites is 1. The fraction of sp³-hybridized carbons (Fsp3) is 0.600. The summed E-state index contributed by atoms with van der Waals surface area (Å²) in [6.07, 6.45) is 6.39. The molecule has 1 fully saturated rings. The Bertz CT molecular complexity index is 329. The number of nitrogens with one attached hydrogen (secondary N) is 2. The largest absolute Gasteiger partial charge is 0.383 e. The van der Waals surface area contributed by atoms with E-state index in [9.17, 15) is 0 Å². The van der Waals surface area contributed by atoms with Crippen LogP contribution in [0.4, 0.5) is 5.69 Å². The maximum Gasteiger partial charge on any atom is 0.0373 e. The molecule has 0 spiro atoms. The number of benzene rings is 1. The molecule has 2 rings (SSSR count). The van der Waals surface area contributed by atoms with Gasteiger partial charge in [0.15, 0.2) is 0 Å². The van der Waals surface area contributed by atoms with E-state index in [1.165, 1.54) is 49.9 Å². The highest BCUT2D eigenvalue weighted by Gasteiger charge is 2.12. The van der Waals surface area contributed by atoms with Gasteiger partial charge in [-0.05, 0) is 37.4 Å². The molecule has 1 aromatic carbocycles. The lowest BCUT2D eigenvalue weighted by Gasteiger charge is -2.24. The first-order chi connectivity index (χ1) is 8.40. The molecule has 0 bridgehead atoms. The first-order valence-electron chi connectivity index (χ1n) is 6.95. The molecule has 1 heterocycles. The fourth-order valence-electron chi connectivity index (χ4n) is 2.51. The van der Waals surface area contributed by atoms with Gasteiger partial charge in [-0.15, -0.1) is 0 Å². The van der Waals surface area contributed by atoms with Gasteiger partial charge in [0, 0.05) is 18.3 Å². The van der Waals surface area contributed by atoms with Gasteiger partial charge < -0.3 is 10.6 Å². The van der Waals surface area contributed by atoms with Gasteiger partial charge in [0.2, 0.25) is 0 Å². The maximum atomic E-state index is 3.61. The summed E-state index contributed by atoms with van der Waals surface area (Å²) in [5, 5.41) is 7.18. The SMILES string of the molecule is CCCc1ccccc1NCC1CCCCN1. The number of rotatable bonds is 5. The van der Waals surface area contributed by atoms with E-state index in [1.807, 2.05) is 0 Å². The predicted molar refractivity (Wildman–Crippen MR) is 74.6 cm³/mol. The molecule has 2 nitrogen and oxygen atoms in total. The van der Waals surface area contributed by atoms with Crippen LogP contribution in [0.15, 0.2) is 24.3 Å². The van der Waals surface area contributed by atoms with Crippen molar-refractivity contribution >= 4 is 5.69 Å². The van der Waals surface area contributed by atoms with Crippen LogP contribution in [0.2, 0.25) is 0 Å². The molecule has 0 aliphatic carbocycles. The van der Waals surface area contributed by atoms with E-state index in [-0.39, 0.29) is 0 Å². The standard InChI is InChI=1S/C15H24N2/c1-2-7-13-8-3-4-10-15(13)17-12-14-9-5-6-11-16-14/h3-4,8,10,14,16-17H,2,5-7,9,11-12H2,1H3. The van der Waals surface area contributed by atoms with E-state index in [1.54, 1.807) is 0 Å². The number of anilines is 1. The molecule has 1 aromatic rings. The summed E-state index contributed by atoms with van der Waals surface area (Å²) in [5.41, 5.74) is 2.77. The van der Waals surface area contributed by atoms with Crippen molar-refractivity contribution in [3.8, 4) is 0 Å². The van der Waals surface area contributed by atoms with Gasteiger partial charge in [0.25, 0.3) is 0 Å². The molecule has 0 saturated carbocycles. The summed E-state index contributed by atoms with van der Waals surface area (Å²) in [5.74, 6) is 0. The molecule has 1 unspecified atom stereocenters. The van der Waals surface area contributed by atoms with Crippen LogP contribution in [-0.2, 0) is 6.42 Å². The third-order valence-corrected chi connectivity index (χ3v) is 3.49. The first-order valence-corrected chi connectivity index (χ1v) is 6.95. The lowest BCUT2D eigenvalue weighted by Crippen LogP contribution is -2.39. The molecule has 2 N–H and O–H groups in total. The molecule has 1 atom stereocenters.